The highest BCUT2D eigenvalue weighted by molar-refractivity contribution is 7.90. The van der Waals surface area contributed by atoms with Crippen molar-refractivity contribution >= 4 is 39.3 Å². The molecule has 3 aromatic rings. The van der Waals surface area contributed by atoms with E-state index >= 15 is 0 Å². The van der Waals surface area contributed by atoms with Crippen molar-refractivity contribution in [3.8, 4) is 0 Å². The third kappa shape index (κ3) is 8.31. The first kappa shape index (κ1) is 32.4. The zero-order valence-electron chi connectivity index (χ0n) is 24.9. The van der Waals surface area contributed by atoms with Crippen LogP contribution in [0.4, 0.5) is 5.82 Å². The Bertz CT molecular complexity index is 1600. The second-order valence-electron chi connectivity index (χ2n) is 12.6. The molecule has 0 radical (unpaired) electrons. The number of carboxylic acid groups (broad SMARTS) is 1. The molecule has 3 heterocycles. The number of benzene rings is 1. The number of rotatable bonds is 10. The summed E-state index contributed by atoms with van der Waals surface area (Å²) in [6, 6.07) is 13.9. The average molecular weight is 628 g/mol. The summed E-state index contributed by atoms with van der Waals surface area (Å²) in [4.78, 5) is 32.8. The third-order valence-corrected chi connectivity index (χ3v) is 9.02. The van der Waals surface area contributed by atoms with Crippen molar-refractivity contribution in [2.45, 2.75) is 75.9 Å². The van der Waals surface area contributed by atoms with Crippen LogP contribution < -0.4 is 15.4 Å². The number of sulfonamides is 1. The molecular weight excluding hydrogens is 590 g/mol. The van der Waals surface area contributed by atoms with E-state index < -0.39 is 21.9 Å². The van der Waals surface area contributed by atoms with Crippen LogP contribution in [0.5, 0.6) is 0 Å². The van der Waals surface area contributed by atoms with E-state index in [1.54, 1.807) is 36.4 Å². The van der Waals surface area contributed by atoms with Gasteiger partial charge in [0.2, 0.25) is 0 Å². The molecule has 0 bridgehead atoms. The molecule has 1 saturated heterocycles. The Balaban J connectivity index is 1.53. The summed E-state index contributed by atoms with van der Waals surface area (Å²) in [5.74, 6) is -1.17. The Morgan fingerprint density at radius 3 is 2.37 bits per heavy atom. The van der Waals surface area contributed by atoms with Gasteiger partial charge in [-0.15, -0.1) is 0 Å². The molecule has 0 aliphatic carbocycles. The standard InChI is InChI=1S/C31H38ClN5O5S/c1-30(2,3)24-16-14-22(27(32)35-24)28(38)37-43(41,42)26-8-6-7-25(36-26)34-23(15-9-19-17-31(4,5)33-18-19)20-10-12-21(13-11-20)29(39)40/h6-8,10-14,16,19,23,33H,9,15,17-18H2,1-5H3,(H,34,36)(H,37,38)(H,39,40)/t19-,23?/m0/s1. The molecule has 43 heavy (non-hydrogen) atoms. The molecule has 2 atom stereocenters. The quantitative estimate of drug-likeness (QED) is 0.212. The van der Waals surface area contributed by atoms with Gasteiger partial charge in [-0.05, 0) is 87.5 Å². The van der Waals surface area contributed by atoms with Crippen LogP contribution in [0.25, 0.3) is 0 Å². The molecule has 1 aliphatic heterocycles. The Morgan fingerprint density at radius 2 is 1.79 bits per heavy atom. The van der Waals surface area contributed by atoms with Crippen molar-refractivity contribution in [2.24, 2.45) is 5.92 Å². The summed E-state index contributed by atoms with van der Waals surface area (Å²) in [6.07, 6.45) is 2.63. The maximum absolute atomic E-state index is 13.2. The zero-order chi connectivity index (χ0) is 31.6. The summed E-state index contributed by atoms with van der Waals surface area (Å²) in [5, 5.41) is 15.7. The van der Waals surface area contributed by atoms with Gasteiger partial charge >= 0.3 is 5.97 Å². The molecule has 0 saturated carbocycles. The maximum atomic E-state index is 13.2. The van der Waals surface area contributed by atoms with Crippen molar-refractivity contribution in [1.82, 2.24) is 20.0 Å². The van der Waals surface area contributed by atoms with Crippen molar-refractivity contribution < 1.29 is 23.1 Å². The fourth-order valence-corrected chi connectivity index (χ4v) is 6.32. The van der Waals surface area contributed by atoms with E-state index in [2.05, 4.69) is 34.4 Å². The Labute approximate surface area is 257 Å². The second kappa shape index (κ2) is 12.6. The molecule has 1 aliphatic rings. The van der Waals surface area contributed by atoms with Gasteiger partial charge in [0.1, 0.15) is 11.0 Å². The van der Waals surface area contributed by atoms with Gasteiger partial charge in [0, 0.05) is 16.6 Å². The van der Waals surface area contributed by atoms with E-state index in [1.165, 1.54) is 18.2 Å². The third-order valence-electron chi connectivity index (χ3n) is 7.50. The number of carboxylic acids is 1. The van der Waals surface area contributed by atoms with Crippen LogP contribution in [-0.4, -0.2) is 47.5 Å². The minimum atomic E-state index is -4.35. The van der Waals surface area contributed by atoms with Crippen LogP contribution in [0, 0.1) is 5.92 Å². The molecule has 1 aromatic carbocycles. The summed E-state index contributed by atoms with van der Waals surface area (Å²) in [7, 11) is -4.35. The summed E-state index contributed by atoms with van der Waals surface area (Å²) >= 11 is 6.24. The topological polar surface area (TPSA) is 150 Å². The van der Waals surface area contributed by atoms with Gasteiger partial charge in [0.15, 0.2) is 5.03 Å². The molecule has 1 amide bonds. The highest BCUT2D eigenvalue weighted by atomic mass is 35.5. The van der Waals surface area contributed by atoms with Gasteiger partial charge in [0.05, 0.1) is 17.2 Å². The molecule has 1 unspecified atom stereocenters. The number of nitrogens with one attached hydrogen (secondary N) is 3. The molecule has 10 nitrogen and oxygen atoms in total. The smallest absolute Gasteiger partial charge is 0.335 e. The van der Waals surface area contributed by atoms with E-state index in [4.69, 9.17) is 11.6 Å². The fourth-order valence-electron chi connectivity index (χ4n) is 5.15. The summed E-state index contributed by atoms with van der Waals surface area (Å²) < 4.78 is 28.4. The van der Waals surface area contributed by atoms with Gasteiger partial charge in [-0.3, -0.25) is 4.79 Å². The van der Waals surface area contributed by atoms with Gasteiger partial charge in [-0.1, -0.05) is 50.6 Å². The van der Waals surface area contributed by atoms with E-state index in [0.717, 1.165) is 24.9 Å². The van der Waals surface area contributed by atoms with E-state index in [1.807, 2.05) is 25.5 Å². The number of hydrogen-bond acceptors (Lipinski definition) is 8. The highest BCUT2D eigenvalue weighted by Gasteiger charge is 2.31. The molecule has 1 fully saturated rings. The van der Waals surface area contributed by atoms with Crippen LogP contribution in [0.1, 0.15) is 91.9 Å². The normalized spacial score (nSPS) is 17.3. The van der Waals surface area contributed by atoms with Crippen LogP contribution >= 0.6 is 11.6 Å². The molecule has 2 aromatic heterocycles. The number of nitrogens with zero attached hydrogens (tertiary/aromatic N) is 2. The number of hydrogen-bond donors (Lipinski definition) is 4. The lowest BCUT2D eigenvalue weighted by Gasteiger charge is -2.22. The van der Waals surface area contributed by atoms with Crippen molar-refractivity contribution in [3.63, 3.8) is 0 Å². The zero-order valence-corrected chi connectivity index (χ0v) is 26.5. The molecule has 4 rings (SSSR count). The Morgan fingerprint density at radius 1 is 1.09 bits per heavy atom. The first-order valence-corrected chi connectivity index (χ1v) is 16.0. The van der Waals surface area contributed by atoms with Crippen LogP contribution in [-0.2, 0) is 15.4 Å². The average Bonchev–Trinajstić information content (AvgIpc) is 3.28. The number of carbonyl (C=O) groups excluding carboxylic acids is 1. The van der Waals surface area contributed by atoms with E-state index in [0.29, 0.717) is 23.9 Å². The first-order valence-electron chi connectivity index (χ1n) is 14.1. The Kier molecular flexibility index (Phi) is 9.48. The lowest BCUT2D eigenvalue weighted by molar-refractivity contribution is 0.0696. The van der Waals surface area contributed by atoms with Crippen molar-refractivity contribution in [2.75, 3.05) is 11.9 Å². The van der Waals surface area contributed by atoms with Gasteiger partial charge in [0.25, 0.3) is 15.9 Å². The SMILES string of the molecule is CC1(C)C[C@H](CCC(Nc2cccc(S(=O)(=O)NC(=O)c3ccc(C(C)(C)C)nc3Cl)n2)c2ccc(C(=O)O)cc2)CN1. The molecule has 12 heteroatoms. The van der Waals surface area contributed by atoms with E-state index in [-0.39, 0.29) is 38.3 Å². The molecular formula is C31H38ClN5O5S. The maximum Gasteiger partial charge on any atom is 0.335 e. The van der Waals surface area contributed by atoms with Crippen LogP contribution in [0.15, 0.2) is 59.6 Å². The number of carbonyl (C=O) groups is 2. The number of aromatic carboxylic acids is 1. The largest absolute Gasteiger partial charge is 0.478 e. The summed E-state index contributed by atoms with van der Waals surface area (Å²) in [6.45, 7) is 11.1. The van der Waals surface area contributed by atoms with Gasteiger partial charge < -0.3 is 15.7 Å². The lowest BCUT2D eigenvalue weighted by Crippen LogP contribution is -2.32. The van der Waals surface area contributed by atoms with Crippen LogP contribution in [0.2, 0.25) is 5.15 Å². The fraction of sp³-hybridized carbons (Fsp3) is 0.419. The summed E-state index contributed by atoms with van der Waals surface area (Å²) in [5.41, 5.74) is 1.39. The van der Waals surface area contributed by atoms with E-state index in [9.17, 15) is 23.1 Å². The second-order valence-corrected chi connectivity index (χ2v) is 14.6. The number of anilines is 1. The monoisotopic (exact) mass is 627 g/mol. The Hall–Kier alpha value is -3.54. The predicted octanol–water partition coefficient (Wildman–Crippen LogP) is 5.57. The first-order chi connectivity index (χ1) is 20.0. The molecule has 230 valence electrons. The number of aromatic nitrogens is 2. The van der Waals surface area contributed by atoms with Crippen LogP contribution in [0.3, 0.4) is 0 Å². The van der Waals surface area contributed by atoms with Gasteiger partial charge in [-0.25, -0.2) is 19.5 Å². The number of pyridine rings is 2. The van der Waals surface area contributed by atoms with Gasteiger partial charge in [-0.2, -0.15) is 8.42 Å². The number of halogens is 1. The predicted molar refractivity (Wildman–Crippen MR) is 166 cm³/mol. The molecule has 0 spiro atoms. The highest BCUT2D eigenvalue weighted by Crippen LogP contribution is 2.31. The van der Waals surface area contributed by atoms with Crippen molar-refractivity contribution in [3.05, 3.63) is 82.1 Å². The minimum Gasteiger partial charge on any atom is -0.478 e. The lowest BCUT2D eigenvalue weighted by atomic mass is 9.90. The number of amides is 1. The molecule has 4 N–H and O–H groups in total. The minimum absolute atomic E-state index is 0.0676. The van der Waals surface area contributed by atoms with Crippen molar-refractivity contribution in [1.29, 1.82) is 0 Å².